The highest BCUT2D eigenvalue weighted by Gasteiger charge is 2.30. The molecule has 4 N–H and O–H groups in total. The van der Waals surface area contributed by atoms with Crippen LogP contribution < -0.4 is 5.73 Å². The fourth-order valence-electron chi connectivity index (χ4n) is 0.849. The van der Waals surface area contributed by atoms with Crippen molar-refractivity contribution in [1.29, 1.82) is 0 Å². The molecule has 0 spiro atoms. The molecule has 1 rings (SSSR count). The van der Waals surface area contributed by atoms with Gasteiger partial charge in [-0.25, -0.2) is 9.79 Å². The van der Waals surface area contributed by atoms with Crippen LogP contribution in [-0.2, 0) is 9.59 Å². The molecule has 4 amide bonds. The molecule has 0 aromatic heterocycles. The lowest BCUT2D eigenvalue weighted by Gasteiger charge is -2.17. The van der Waals surface area contributed by atoms with E-state index in [0.717, 1.165) is 4.90 Å². The van der Waals surface area contributed by atoms with Crippen molar-refractivity contribution >= 4 is 29.4 Å². The Balaban J connectivity index is 0.00000196. The monoisotopic (exact) mass is 214 g/mol. The zero-order valence-electron chi connectivity index (χ0n) is 8.14. The summed E-state index contributed by atoms with van der Waals surface area (Å²) in [6.45, 7) is 1.17. The molecule has 0 aromatic carbocycles. The number of rotatable bonds is 0. The van der Waals surface area contributed by atoms with Crippen molar-refractivity contribution in [1.82, 2.24) is 4.90 Å². The molecule has 0 atom stereocenters. The highest BCUT2D eigenvalue weighted by Crippen LogP contribution is 2.01. The molecule has 0 aliphatic carbocycles. The third-order valence-electron chi connectivity index (χ3n) is 1.52. The van der Waals surface area contributed by atoms with E-state index in [2.05, 4.69) is 9.98 Å². The van der Waals surface area contributed by atoms with Crippen molar-refractivity contribution in [2.75, 3.05) is 7.05 Å². The summed E-state index contributed by atoms with van der Waals surface area (Å²) in [5, 5.41) is 0. The van der Waals surface area contributed by atoms with E-state index in [-0.39, 0.29) is 17.0 Å². The van der Waals surface area contributed by atoms with Crippen LogP contribution >= 0.6 is 0 Å². The topological polar surface area (TPSA) is 137 Å². The van der Waals surface area contributed by atoms with E-state index >= 15 is 0 Å². The number of imide groups is 1. The number of amides is 4. The standard InChI is InChI=1S/C7H8N4O3.H2O/c1-3(12)9-4-5(8)10-7(14)11(2)6(4)13;/h1-2H3,(H2,8,10,14);1H2. The number of aliphatic imine (C=N–C) groups is 2. The van der Waals surface area contributed by atoms with Gasteiger partial charge >= 0.3 is 6.03 Å². The van der Waals surface area contributed by atoms with Crippen molar-refractivity contribution in [2.24, 2.45) is 15.7 Å². The van der Waals surface area contributed by atoms with E-state index in [1.165, 1.54) is 14.0 Å². The van der Waals surface area contributed by atoms with Crippen LogP contribution in [-0.4, -0.2) is 46.8 Å². The van der Waals surface area contributed by atoms with Crippen molar-refractivity contribution in [3.8, 4) is 0 Å². The second-order valence-electron chi connectivity index (χ2n) is 2.62. The molecule has 82 valence electrons. The Morgan fingerprint density at radius 2 is 2.00 bits per heavy atom. The molecule has 0 aromatic rings. The first-order valence-electron chi connectivity index (χ1n) is 3.69. The lowest BCUT2D eigenvalue weighted by molar-refractivity contribution is -0.121. The highest BCUT2D eigenvalue weighted by atomic mass is 16.2. The maximum Gasteiger partial charge on any atom is 0.352 e. The Labute approximate surface area is 84.8 Å². The Morgan fingerprint density at radius 3 is 2.47 bits per heavy atom. The second kappa shape index (κ2) is 4.42. The van der Waals surface area contributed by atoms with Crippen LogP contribution in [0.15, 0.2) is 9.98 Å². The van der Waals surface area contributed by atoms with Crippen LogP contribution in [0.1, 0.15) is 6.92 Å². The minimum Gasteiger partial charge on any atom is -0.412 e. The van der Waals surface area contributed by atoms with E-state index in [1.54, 1.807) is 0 Å². The zero-order chi connectivity index (χ0) is 10.9. The SMILES string of the molecule is CC(=O)N=C1C(=O)N(C)C(=O)N=C1N.O. The molecule has 15 heavy (non-hydrogen) atoms. The molecule has 1 aliphatic rings. The number of carbonyl (C=O) groups excluding carboxylic acids is 3. The van der Waals surface area contributed by atoms with Crippen molar-refractivity contribution in [2.45, 2.75) is 6.92 Å². The lowest BCUT2D eigenvalue weighted by atomic mass is 10.2. The summed E-state index contributed by atoms with van der Waals surface area (Å²) in [4.78, 5) is 40.3. The average molecular weight is 214 g/mol. The van der Waals surface area contributed by atoms with Gasteiger partial charge in [0.2, 0.25) is 5.91 Å². The lowest BCUT2D eigenvalue weighted by Crippen LogP contribution is -2.48. The van der Waals surface area contributed by atoms with Crippen molar-refractivity contribution in [3.63, 3.8) is 0 Å². The number of carbonyl (C=O) groups is 3. The van der Waals surface area contributed by atoms with Gasteiger partial charge in [-0.15, -0.1) is 0 Å². The number of nitrogens with two attached hydrogens (primary N) is 1. The van der Waals surface area contributed by atoms with E-state index in [9.17, 15) is 14.4 Å². The molecule has 0 bridgehead atoms. The van der Waals surface area contributed by atoms with Crippen LogP contribution in [0.5, 0.6) is 0 Å². The van der Waals surface area contributed by atoms with Gasteiger partial charge in [-0.05, 0) is 0 Å². The molecule has 0 saturated heterocycles. The van der Waals surface area contributed by atoms with E-state index in [0.29, 0.717) is 0 Å². The van der Waals surface area contributed by atoms with E-state index < -0.39 is 17.8 Å². The van der Waals surface area contributed by atoms with Crippen molar-refractivity contribution < 1.29 is 19.9 Å². The van der Waals surface area contributed by atoms with E-state index in [1.807, 2.05) is 0 Å². The van der Waals surface area contributed by atoms with Gasteiger partial charge in [0.25, 0.3) is 5.91 Å². The summed E-state index contributed by atoms with van der Waals surface area (Å²) >= 11 is 0. The van der Waals surface area contributed by atoms with Gasteiger partial charge in [0.05, 0.1) is 0 Å². The minimum atomic E-state index is -0.769. The highest BCUT2D eigenvalue weighted by molar-refractivity contribution is 6.69. The maximum atomic E-state index is 11.3. The fourth-order valence-corrected chi connectivity index (χ4v) is 0.849. The predicted molar refractivity (Wildman–Crippen MR) is 51.5 cm³/mol. The molecule has 0 unspecified atom stereocenters. The molecule has 0 fully saturated rings. The van der Waals surface area contributed by atoms with Crippen LogP contribution in [0.3, 0.4) is 0 Å². The summed E-state index contributed by atoms with van der Waals surface area (Å²) in [6.07, 6.45) is 0. The molecule has 0 radical (unpaired) electrons. The largest absolute Gasteiger partial charge is 0.412 e. The normalized spacial score (nSPS) is 18.7. The Hall–Kier alpha value is -2.09. The molecule has 8 heteroatoms. The fraction of sp³-hybridized carbons (Fsp3) is 0.286. The number of nitrogens with zero attached hydrogens (tertiary/aromatic N) is 3. The Kier molecular flexibility index (Phi) is 3.80. The van der Waals surface area contributed by atoms with Gasteiger partial charge in [0, 0.05) is 14.0 Å². The Morgan fingerprint density at radius 1 is 1.47 bits per heavy atom. The van der Waals surface area contributed by atoms with Crippen LogP contribution in [0, 0.1) is 0 Å². The van der Waals surface area contributed by atoms with Gasteiger partial charge in [0.1, 0.15) is 0 Å². The maximum absolute atomic E-state index is 11.3. The molecular formula is C7H10N4O4. The van der Waals surface area contributed by atoms with E-state index in [4.69, 9.17) is 5.73 Å². The molecule has 1 heterocycles. The van der Waals surface area contributed by atoms with Gasteiger partial charge in [0.15, 0.2) is 11.5 Å². The smallest absolute Gasteiger partial charge is 0.352 e. The number of hydrogen-bond acceptors (Lipinski definition) is 4. The van der Waals surface area contributed by atoms with Gasteiger partial charge < -0.3 is 11.2 Å². The summed E-state index contributed by atoms with van der Waals surface area (Å²) < 4.78 is 0. The van der Waals surface area contributed by atoms with Crippen LogP contribution in [0.2, 0.25) is 0 Å². The summed E-state index contributed by atoms with van der Waals surface area (Å²) in [6, 6.07) is -0.769. The van der Waals surface area contributed by atoms with Gasteiger partial charge in [-0.1, -0.05) is 0 Å². The third kappa shape index (κ3) is 2.44. The minimum absolute atomic E-state index is 0. The summed E-state index contributed by atoms with van der Waals surface area (Å²) in [7, 11) is 1.23. The van der Waals surface area contributed by atoms with Gasteiger partial charge in [-0.2, -0.15) is 4.99 Å². The van der Waals surface area contributed by atoms with Crippen molar-refractivity contribution in [3.05, 3.63) is 0 Å². The zero-order valence-corrected chi connectivity index (χ0v) is 8.14. The van der Waals surface area contributed by atoms with Crippen LogP contribution in [0.25, 0.3) is 0 Å². The van der Waals surface area contributed by atoms with Crippen LogP contribution in [0.4, 0.5) is 4.79 Å². The Bertz CT molecular complexity index is 384. The number of amidine groups is 1. The predicted octanol–water partition coefficient (Wildman–Crippen LogP) is -1.90. The average Bonchev–Trinajstić information content (AvgIpc) is 2.09. The summed E-state index contributed by atoms with van der Waals surface area (Å²) in [5.74, 6) is -1.62. The first kappa shape index (κ1) is 12.9. The number of hydrogen-bond donors (Lipinski definition) is 1. The van der Waals surface area contributed by atoms with Gasteiger partial charge in [-0.3, -0.25) is 14.5 Å². The first-order valence-corrected chi connectivity index (χ1v) is 3.69. The molecule has 0 saturated carbocycles. The summed E-state index contributed by atoms with van der Waals surface area (Å²) in [5.41, 5.74) is 4.98. The number of urea groups is 1. The molecule has 8 nitrogen and oxygen atoms in total. The molecular weight excluding hydrogens is 204 g/mol. The third-order valence-corrected chi connectivity index (χ3v) is 1.52. The quantitative estimate of drug-likeness (QED) is 0.503. The first-order chi connectivity index (χ1) is 6.43. The molecule has 1 aliphatic heterocycles. The second-order valence-corrected chi connectivity index (χ2v) is 2.62.